The van der Waals surface area contributed by atoms with E-state index in [4.69, 9.17) is 4.74 Å². The van der Waals surface area contributed by atoms with Gasteiger partial charge in [0, 0.05) is 45.2 Å². The predicted molar refractivity (Wildman–Crippen MR) is 98.0 cm³/mol. The summed E-state index contributed by atoms with van der Waals surface area (Å²) in [5.74, 6) is 0.117. The Morgan fingerprint density at radius 3 is 2.80 bits per heavy atom. The van der Waals surface area contributed by atoms with Crippen molar-refractivity contribution in [2.45, 2.75) is 38.3 Å². The van der Waals surface area contributed by atoms with Crippen LogP contribution in [0.4, 0.5) is 0 Å². The van der Waals surface area contributed by atoms with E-state index in [9.17, 15) is 4.79 Å². The molecule has 1 amide bonds. The SMILES string of the molecule is COCC(=O)N1CCC2(C=CC(N(C)Cc3cccnc3)CC2)CC1. The minimum absolute atomic E-state index is 0.117. The van der Waals surface area contributed by atoms with Crippen molar-refractivity contribution in [1.82, 2.24) is 14.8 Å². The lowest BCUT2D eigenvalue weighted by Gasteiger charge is -2.44. The number of allylic oxidation sites excluding steroid dienone is 1. The molecule has 2 heterocycles. The predicted octanol–water partition coefficient (Wildman–Crippen LogP) is 2.49. The van der Waals surface area contributed by atoms with Crippen molar-refractivity contribution < 1.29 is 9.53 Å². The van der Waals surface area contributed by atoms with Gasteiger partial charge in [-0.05, 0) is 49.8 Å². The maximum absolute atomic E-state index is 12.0. The molecular weight excluding hydrogens is 314 g/mol. The molecule has 5 nitrogen and oxygen atoms in total. The van der Waals surface area contributed by atoms with E-state index < -0.39 is 0 Å². The molecule has 1 saturated heterocycles. The van der Waals surface area contributed by atoms with Crippen molar-refractivity contribution >= 4 is 5.91 Å². The monoisotopic (exact) mass is 343 g/mol. The molecule has 136 valence electrons. The number of carbonyl (C=O) groups excluding carboxylic acids is 1. The van der Waals surface area contributed by atoms with Crippen molar-refractivity contribution in [3.05, 3.63) is 42.2 Å². The van der Waals surface area contributed by atoms with Crippen LogP contribution in [-0.4, -0.2) is 60.6 Å². The van der Waals surface area contributed by atoms with Gasteiger partial charge in [0.05, 0.1) is 0 Å². The molecule has 1 atom stereocenters. The molecule has 1 unspecified atom stereocenters. The Hall–Kier alpha value is -1.72. The molecular formula is C20H29N3O2. The quantitative estimate of drug-likeness (QED) is 0.771. The van der Waals surface area contributed by atoms with Crippen molar-refractivity contribution in [3.63, 3.8) is 0 Å². The number of piperidine rings is 1. The number of pyridine rings is 1. The third-order valence-electron chi connectivity index (χ3n) is 5.71. The maximum atomic E-state index is 12.0. The van der Waals surface area contributed by atoms with Gasteiger partial charge in [-0.25, -0.2) is 0 Å². The smallest absolute Gasteiger partial charge is 0.248 e. The minimum atomic E-state index is 0.117. The van der Waals surface area contributed by atoms with Gasteiger partial charge >= 0.3 is 0 Å². The average molecular weight is 343 g/mol. The van der Waals surface area contributed by atoms with E-state index in [2.05, 4.69) is 35.1 Å². The number of likely N-dealkylation sites (tertiary alicyclic amines) is 1. The highest BCUT2D eigenvalue weighted by Crippen LogP contribution is 2.41. The van der Waals surface area contributed by atoms with Gasteiger partial charge in [0.2, 0.25) is 5.91 Å². The summed E-state index contributed by atoms with van der Waals surface area (Å²) in [6.45, 7) is 2.82. The Morgan fingerprint density at radius 2 is 2.20 bits per heavy atom. The Kier molecular flexibility index (Phi) is 5.86. The van der Waals surface area contributed by atoms with Crippen LogP contribution in [0.5, 0.6) is 0 Å². The summed E-state index contributed by atoms with van der Waals surface area (Å²) in [6.07, 6.45) is 13.1. The number of rotatable bonds is 5. The van der Waals surface area contributed by atoms with Gasteiger partial charge in [-0.2, -0.15) is 0 Å². The first-order valence-corrected chi connectivity index (χ1v) is 9.17. The van der Waals surface area contributed by atoms with Crippen LogP contribution >= 0.6 is 0 Å². The van der Waals surface area contributed by atoms with Crippen LogP contribution in [-0.2, 0) is 16.1 Å². The Morgan fingerprint density at radius 1 is 1.40 bits per heavy atom. The minimum Gasteiger partial charge on any atom is -0.375 e. The summed E-state index contributed by atoms with van der Waals surface area (Å²) in [7, 11) is 3.77. The third-order valence-corrected chi connectivity index (χ3v) is 5.71. The molecule has 25 heavy (non-hydrogen) atoms. The highest BCUT2D eigenvalue weighted by molar-refractivity contribution is 5.77. The highest BCUT2D eigenvalue weighted by atomic mass is 16.5. The number of ether oxygens (including phenoxy) is 1. The third kappa shape index (κ3) is 4.47. The van der Waals surface area contributed by atoms with Crippen molar-refractivity contribution in [3.8, 4) is 0 Å². The normalized spacial score (nSPS) is 22.5. The van der Waals surface area contributed by atoms with Crippen LogP contribution in [0.15, 0.2) is 36.7 Å². The first-order chi connectivity index (χ1) is 12.1. The molecule has 0 N–H and O–H groups in total. The molecule has 1 aromatic heterocycles. The van der Waals surface area contributed by atoms with E-state index >= 15 is 0 Å². The Labute approximate surface area is 150 Å². The van der Waals surface area contributed by atoms with Gasteiger partial charge < -0.3 is 9.64 Å². The second-order valence-electron chi connectivity index (χ2n) is 7.42. The number of aromatic nitrogens is 1. The number of likely N-dealkylation sites (N-methyl/N-ethyl adjacent to an activating group) is 1. The lowest BCUT2D eigenvalue weighted by Crippen LogP contribution is -2.45. The van der Waals surface area contributed by atoms with E-state index in [1.54, 1.807) is 7.11 Å². The fraction of sp³-hybridized carbons (Fsp3) is 0.600. The summed E-state index contributed by atoms with van der Waals surface area (Å²) in [6, 6.07) is 4.61. The van der Waals surface area contributed by atoms with Crippen LogP contribution in [0, 0.1) is 5.41 Å². The van der Waals surface area contributed by atoms with Crippen LogP contribution in [0.25, 0.3) is 0 Å². The molecule has 0 saturated carbocycles. The lowest BCUT2D eigenvalue weighted by atomic mass is 9.71. The van der Waals surface area contributed by atoms with E-state index in [1.165, 1.54) is 18.4 Å². The Balaban J connectivity index is 1.53. The standard InChI is InChI=1S/C20H29N3O2/c1-22(15-17-4-3-11-21-14-17)18-5-7-20(8-6-18)9-12-23(13-10-20)19(24)16-25-2/h3-5,7,11,14,18H,6,8-10,12-13,15-16H2,1-2H3. The molecule has 0 aromatic carbocycles. The van der Waals surface area contributed by atoms with E-state index in [-0.39, 0.29) is 17.9 Å². The van der Waals surface area contributed by atoms with Crippen molar-refractivity contribution in [1.29, 1.82) is 0 Å². The van der Waals surface area contributed by atoms with Gasteiger partial charge in [-0.3, -0.25) is 14.7 Å². The molecule has 1 aliphatic carbocycles. The first kappa shape index (κ1) is 18.1. The topological polar surface area (TPSA) is 45.7 Å². The summed E-state index contributed by atoms with van der Waals surface area (Å²) >= 11 is 0. The van der Waals surface area contributed by atoms with Gasteiger partial charge in [-0.1, -0.05) is 18.2 Å². The second kappa shape index (κ2) is 8.11. The Bertz CT molecular complexity index is 594. The molecule has 0 bridgehead atoms. The van der Waals surface area contributed by atoms with Gasteiger partial charge in [0.1, 0.15) is 6.61 Å². The molecule has 3 rings (SSSR count). The summed E-state index contributed by atoms with van der Waals surface area (Å²) < 4.78 is 4.97. The van der Waals surface area contributed by atoms with Crippen molar-refractivity contribution in [2.75, 3.05) is 33.9 Å². The highest BCUT2D eigenvalue weighted by Gasteiger charge is 2.36. The summed E-state index contributed by atoms with van der Waals surface area (Å²) in [5.41, 5.74) is 1.54. The molecule has 1 aromatic rings. The number of amides is 1. The molecule has 1 spiro atoms. The van der Waals surface area contributed by atoms with E-state index in [1.807, 2.05) is 23.4 Å². The van der Waals surface area contributed by atoms with E-state index in [0.717, 1.165) is 32.5 Å². The lowest BCUT2D eigenvalue weighted by molar-refractivity contribution is -0.137. The van der Waals surface area contributed by atoms with Crippen LogP contribution in [0.1, 0.15) is 31.2 Å². The van der Waals surface area contributed by atoms with Crippen LogP contribution < -0.4 is 0 Å². The van der Waals surface area contributed by atoms with Gasteiger partial charge in [-0.15, -0.1) is 0 Å². The van der Waals surface area contributed by atoms with Crippen molar-refractivity contribution in [2.24, 2.45) is 5.41 Å². The zero-order valence-electron chi connectivity index (χ0n) is 15.4. The number of carbonyl (C=O) groups is 1. The largest absolute Gasteiger partial charge is 0.375 e. The average Bonchev–Trinajstić information content (AvgIpc) is 2.64. The molecule has 5 heteroatoms. The van der Waals surface area contributed by atoms with Crippen LogP contribution in [0.3, 0.4) is 0 Å². The molecule has 0 radical (unpaired) electrons. The fourth-order valence-electron chi connectivity index (χ4n) is 4.03. The molecule has 1 fully saturated rings. The number of nitrogens with zero attached hydrogens (tertiary/aromatic N) is 3. The zero-order chi connectivity index (χ0) is 17.7. The molecule has 1 aliphatic heterocycles. The zero-order valence-corrected chi connectivity index (χ0v) is 15.4. The maximum Gasteiger partial charge on any atom is 0.248 e. The summed E-state index contributed by atoms with van der Waals surface area (Å²) in [5, 5.41) is 0. The number of hydrogen-bond acceptors (Lipinski definition) is 4. The van der Waals surface area contributed by atoms with Crippen LogP contribution in [0.2, 0.25) is 0 Å². The van der Waals surface area contributed by atoms with E-state index in [0.29, 0.717) is 6.04 Å². The van der Waals surface area contributed by atoms with Gasteiger partial charge in [0.15, 0.2) is 0 Å². The fourth-order valence-corrected chi connectivity index (χ4v) is 4.03. The summed E-state index contributed by atoms with van der Waals surface area (Å²) in [4.78, 5) is 20.5. The second-order valence-corrected chi connectivity index (χ2v) is 7.42. The first-order valence-electron chi connectivity index (χ1n) is 9.17. The number of methoxy groups -OCH3 is 1. The van der Waals surface area contributed by atoms with Gasteiger partial charge in [0.25, 0.3) is 0 Å². The number of hydrogen-bond donors (Lipinski definition) is 0. The molecule has 2 aliphatic rings.